The number of aliphatic hydroxyl groups is 1. The molecule has 3 rings (SSSR count). The molecule has 0 aliphatic carbocycles. The van der Waals surface area contributed by atoms with Crippen LogP contribution in [0.25, 0.3) is 27.3 Å². The summed E-state index contributed by atoms with van der Waals surface area (Å²) in [5.41, 5.74) is 0.219. The molecule has 116 valence electrons. The molecule has 5 heteroatoms. The SMILES string of the molecule is O=C(C=C(O)c1c2ccccc2cc2ccccc12)C(F)(F)F. The van der Waals surface area contributed by atoms with Gasteiger partial charge in [0.15, 0.2) is 0 Å². The second kappa shape index (κ2) is 5.43. The first-order chi connectivity index (χ1) is 10.9. The number of allylic oxidation sites excluding steroid dienone is 1. The number of hydrogen-bond donors (Lipinski definition) is 1. The van der Waals surface area contributed by atoms with Crippen LogP contribution >= 0.6 is 0 Å². The summed E-state index contributed by atoms with van der Waals surface area (Å²) in [6.07, 6.45) is -4.79. The van der Waals surface area contributed by atoms with E-state index in [9.17, 15) is 23.1 Å². The van der Waals surface area contributed by atoms with Gasteiger partial charge in [-0.1, -0.05) is 48.5 Å². The summed E-state index contributed by atoms with van der Waals surface area (Å²) >= 11 is 0. The molecule has 0 bridgehead atoms. The number of fused-ring (bicyclic) bond motifs is 2. The molecule has 3 aromatic rings. The zero-order valence-corrected chi connectivity index (χ0v) is 11.8. The van der Waals surface area contributed by atoms with Gasteiger partial charge in [-0.3, -0.25) is 4.79 Å². The third-order valence-corrected chi connectivity index (χ3v) is 3.57. The second-order valence-corrected chi connectivity index (χ2v) is 5.09. The van der Waals surface area contributed by atoms with Crippen LogP contribution in [0.2, 0.25) is 0 Å². The van der Waals surface area contributed by atoms with Crippen molar-refractivity contribution < 1.29 is 23.1 Å². The standard InChI is InChI=1S/C18H11F3O2/c19-18(20,21)16(23)10-15(22)17-13-7-3-1-5-11(13)9-12-6-2-4-8-14(12)17/h1-10,22H. The van der Waals surface area contributed by atoms with Gasteiger partial charge in [0.25, 0.3) is 5.78 Å². The molecule has 0 heterocycles. The second-order valence-electron chi connectivity index (χ2n) is 5.09. The van der Waals surface area contributed by atoms with Crippen LogP contribution in [-0.2, 0) is 4.79 Å². The number of alkyl halides is 3. The van der Waals surface area contributed by atoms with E-state index in [-0.39, 0.29) is 11.6 Å². The first-order valence-corrected chi connectivity index (χ1v) is 6.80. The van der Waals surface area contributed by atoms with Crippen molar-refractivity contribution >= 4 is 33.1 Å². The van der Waals surface area contributed by atoms with Crippen LogP contribution < -0.4 is 0 Å². The van der Waals surface area contributed by atoms with Crippen molar-refractivity contribution in [3.63, 3.8) is 0 Å². The largest absolute Gasteiger partial charge is 0.507 e. The van der Waals surface area contributed by atoms with Crippen molar-refractivity contribution in [1.82, 2.24) is 0 Å². The van der Waals surface area contributed by atoms with Crippen LogP contribution in [0.15, 0.2) is 60.7 Å². The minimum absolute atomic E-state index is 0.219. The molecular weight excluding hydrogens is 305 g/mol. The lowest BCUT2D eigenvalue weighted by molar-refractivity contribution is -0.165. The summed E-state index contributed by atoms with van der Waals surface area (Å²) in [6.45, 7) is 0. The first-order valence-electron chi connectivity index (χ1n) is 6.80. The molecular formula is C18H11F3O2. The van der Waals surface area contributed by atoms with Gasteiger partial charge in [-0.25, -0.2) is 0 Å². The lowest BCUT2D eigenvalue weighted by Gasteiger charge is -2.11. The van der Waals surface area contributed by atoms with Crippen LogP contribution in [0, 0.1) is 0 Å². The average Bonchev–Trinajstić information content (AvgIpc) is 2.51. The van der Waals surface area contributed by atoms with Gasteiger partial charge in [-0.2, -0.15) is 13.2 Å². The van der Waals surface area contributed by atoms with Crippen molar-refractivity contribution in [2.75, 3.05) is 0 Å². The van der Waals surface area contributed by atoms with Gasteiger partial charge in [0, 0.05) is 11.6 Å². The van der Waals surface area contributed by atoms with Crippen molar-refractivity contribution in [2.45, 2.75) is 6.18 Å². The van der Waals surface area contributed by atoms with E-state index in [1.165, 1.54) is 0 Å². The van der Waals surface area contributed by atoms with Gasteiger partial charge in [-0.05, 0) is 27.6 Å². The normalized spacial score (nSPS) is 12.7. The highest BCUT2D eigenvalue weighted by molar-refractivity contribution is 6.10. The summed E-state index contributed by atoms with van der Waals surface area (Å²) in [4.78, 5) is 11.2. The van der Waals surface area contributed by atoms with Crippen molar-refractivity contribution in [1.29, 1.82) is 0 Å². The Morgan fingerprint density at radius 3 is 1.87 bits per heavy atom. The molecule has 3 aromatic carbocycles. The lowest BCUT2D eigenvalue weighted by Crippen LogP contribution is -2.20. The van der Waals surface area contributed by atoms with E-state index in [2.05, 4.69) is 0 Å². The number of carbonyl (C=O) groups is 1. The summed E-state index contributed by atoms with van der Waals surface area (Å²) in [6, 6.07) is 15.9. The maximum Gasteiger partial charge on any atom is 0.454 e. The number of hydrogen-bond acceptors (Lipinski definition) is 2. The van der Waals surface area contributed by atoms with Crippen LogP contribution in [-0.4, -0.2) is 17.1 Å². The molecule has 0 aromatic heterocycles. The minimum Gasteiger partial charge on any atom is -0.507 e. The first kappa shape index (κ1) is 15.1. The van der Waals surface area contributed by atoms with E-state index in [1.807, 2.05) is 6.07 Å². The maximum atomic E-state index is 12.4. The van der Waals surface area contributed by atoms with E-state index in [1.54, 1.807) is 48.5 Å². The van der Waals surface area contributed by atoms with E-state index >= 15 is 0 Å². The Morgan fingerprint density at radius 1 is 0.913 bits per heavy atom. The predicted molar refractivity (Wildman–Crippen MR) is 83.1 cm³/mol. The van der Waals surface area contributed by atoms with Gasteiger partial charge in [-0.15, -0.1) is 0 Å². The summed E-state index contributed by atoms with van der Waals surface area (Å²) in [5, 5.41) is 12.9. The van der Waals surface area contributed by atoms with Crippen molar-refractivity contribution in [3.8, 4) is 0 Å². The fraction of sp³-hybridized carbons (Fsp3) is 0.0556. The zero-order chi connectivity index (χ0) is 16.6. The van der Waals surface area contributed by atoms with Crippen molar-refractivity contribution in [2.24, 2.45) is 0 Å². The Kier molecular flexibility index (Phi) is 3.56. The third kappa shape index (κ3) is 2.77. The van der Waals surface area contributed by atoms with E-state index < -0.39 is 17.7 Å². The van der Waals surface area contributed by atoms with Gasteiger partial charge < -0.3 is 5.11 Å². The number of halogens is 3. The molecule has 0 atom stereocenters. The third-order valence-electron chi connectivity index (χ3n) is 3.57. The Labute approximate surface area is 129 Å². The lowest BCUT2D eigenvalue weighted by atomic mass is 9.95. The molecule has 0 spiro atoms. The fourth-order valence-electron chi connectivity index (χ4n) is 2.57. The topological polar surface area (TPSA) is 37.3 Å². The highest BCUT2D eigenvalue weighted by Crippen LogP contribution is 2.33. The molecule has 0 saturated heterocycles. The van der Waals surface area contributed by atoms with E-state index in [4.69, 9.17) is 0 Å². The molecule has 1 N–H and O–H groups in total. The molecule has 0 fully saturated rings. The fourth-order valence-corrected chi connectivity index (χ4v) is 2.57. The van der Waals surface area contributed by atoms with Gasteiger partial charge in [0.2, 0.25) is 0 Å². The zero-order valence-electron chi connectivity index (χ0n) is 11.8. The van der Waals surface area contributed by atoms with E-state index in [0.29, 0.717) is 10.8 Å². The van der Waals surface area contributed by atoms with E-state index in [0.717, 1.165) is 10.8 Å². The maximum absolute atomic E-state index is 12.4. The van der Waals surface area contributed by atoms with Crippen LogP contribution in [0.5, 0.6) is 0 Å². The van der Waals surface area contributed by atoms with Crippen LogP contribution in [0.4, 0.5) is 13.2 Å². The van der Waals surface area contributed by atoms with Crippen LogP contribution in [0.3, 0.4) is 0 Å². The minimum atomic E-state index is -5.02. The average molecular weight is 316 g/mol. The Morgan fingerprint density at radius 2 is 1.39 bits per heavy atom. The summed E-state index contributed by atoms with van der Waals surface area (Å²) < 4.78 is 37.3. The Hall–Kier alpha value is -2.82. The predicted octanol–water partition coefficient (Wildman–Crippen LogP) is 5.02. The molecule has 2 nitrogen and oxygen atoms in total. The smallest absolute Gasteiger partial charge is 0.454 e. The molecule has 0 saturated carbocycles. The van der Waals surface area contributed by atoms with Crippen molar-refractivity contribution in [3.05, 3.63) is 66.2 Å². The molecule has 0 radical (unpaired) electrons. The van der Waals surface area contributed by atoms with Gasteiger partial charge in [0.05, 0.1) is 0 Å². The number of ketones is 1. The summed E-state index contributed by atoms with van der Waals surface area (Å²) in [5.74, 6) is -2.78. The molecule has 0 amide bonds. The number of aliphatic hydroxyl groups excluding tert-OH is 1. The highest BCUT2D eigenvalue weighted by atomic mass is 19.4. The number of rotatable bonds is 2. The quantitative estimate of drug-likeness (QED) is 0.409. The molecule has 0 aliphatic heterocycles. The monoisotopic (exact) mass is 316 g/mol. The van der Waals surface area contributed by atoms with Crippen LogP contribution in [0.1, 0.15) is 5.56 Å². The highest BCUT2D eigenvalue weighted by Gasteiger charge is 2.37. The number of carbonyl (C=O) groups excluding carboxylic acids is 1. The number of benzene rings is 3. The Balaban J connectivity index is 2.33. The Bertz CT molecular complexity index is 886. The molecule has 0 unspecified atom stereocenters. The van der Waals surface area contributed by atoms with Gasteiger partial charge in [0.1, 0.15) is 5.76 Å². The summed E-state index contributed by atoms with van der Waals surface area (Å²) in [7, 11) is 0. The molecule has 0 aliphatic rings. The van der Waals surface area contributed by atoms with Gasteiger partial charge >= 0.3 is 6.18 Å². The molecule has 23 heavy (non-hydrogen) atoms.